The highest BCUT2D eigenvalue weighted by atomic mass is 32.1. The van der Waals surface area contributed by atoms with Gasteiger partial charge in [0.05, 0.1) is 12.3 Å². The second kappa shape index (κ2) is 8.72. The van der Waals surface area contributed by atoms with Crippen LogP contribution in [-0.2, 0) is 22.6 Å². The zero-order valence-electron chi connectivity index (χ0n) is 13.5. The lowest BCUT2D eigenvalue weighted by atomic mass is 10.1. The van der Waals surface area contributed by atoms with Crippen LogP contribution in [0.25, 0.3) is 0 Å². The first-order chi connectivity index (χ1) is 9.49. The first kappa shape index (κ1) is 17.6. The normalized spacial score (nSPS) is 13.4. The summed E-state index contributed by atoms with van der Waals surface area (Å²) < 4.78 is 11.1. The minimum atomic E-state index is 0.0772. The van der Waals surface area contributed by atoms with Gasteiger partial charge in [0, 0.05) is 31.2 Å². The van der Waals surface area contributed by atoms with Crippen molar-refractivity contribution in [3.05, 3.63) is 15.6 Å². The number of rotatable bonds is 9. The van der Waals surface area contributed by atoms with Crippen molar-refractivity contribution >= 4 is 11.3 Å². The van der Waals surface area contributed by atoms with Crippen LogP contribution in [0.15, 0.2) is 0 Å². The number of ether oxygens (including phenoxy) is 2. The highest BCUT2D eigenvalue weighted by Gasteiger charge is 2.22. The molecule has 1 aromatic heterocycles. The van der Waals surface area contributed by atoms with Crippen molar-refractivity contribution in [2.75, 3.05) is 13.7 Å². The number of aromatic nitrogens is 1. The Kier molecular flexibility index (Phi) is 7.66. The molecule has 5 heteroatoms. The fraction of sp³-hybridized carbons (Fsp3) is 0.800. The van der Waals surface area contributed by atoms with E-state index in [1.165, 1.54) is 4.88 Å². The molecule has 0 aromatic carbocycles. The summed E-state index contributed by atoms with van der Waals surface area (Å²) >= 11 is 1.74. The van der Waals surface area contributed by atoms with Crippen molar-refractivity contribution in [3.8, 4) is 0 Å². The monoisotopic (exact) mass is 300 g/mol. The van der Waals surface area contributed by atoms with E-state index in [1.54, 1.807) is 18.4 Å². The molecule has 1 heterocycles. The Morgan fingerprint density at radius 2 is 1.95 bits per heavy atom. The second-order valence-corrected chi connectivity index (χ2v) is 6.63. The van der Waals surface area contributed by atoms with Crippen LogP contribution in [0.3, 0.4) is 0 Å². The third kappa shape index (κ3) is 5.13. The fourth-order valence-corrected chi connectivity index (χ4v) is 3.18. The number of nitrogens with one attached hydrogen (secondary N) is 1. The van der Waals surface area contributed by atoms with Crippen LogP contribution in [0.1, 0.15) is 56.3 Å². The van der Waals surface area contributed by atoms with Crippen molar-refractivity contribution in [1.82, 2.24) is 10.3 Å². The highest BCUT2D eigenvalue weighted by Crippen LogP contribution is 2.31. The van der Waals surface area contributed by atoms with Crippen LogP contribution < -0.4 is 5.32 Å². The van der Waals surface area contributed by atoms with Gasteiger partial charge in [-0.3, -0.25) is 0 Å². The molecule has 0 spiro atoms. The van der Waals surface area contributed by atoms with Crippen LogP contribution in [0.5, 0.6) is 0 Å². The fourth-order valence-electron chi connectivity index (χ4n) is 1.94. The van der Waals surface area contributed by atoms with Gasteiger partial charge in [-0.1, -0.05) is 27.7 Å². The topological polar surface area (TPSA) is 43.4 Å². The number of nitrogens with zero attached hydrogens (tertiary/aromatic N) is 1. The van der Waals surface area contributed by atoms with Gasteiger partial charge in [-0.15, -0.1) is 11.3 Å². The molecule has 0 amide bonds. The molecule has 0 aliphatic rings. The molecule has 1 atom stereocenters. The number of thiazole rings is 1. The maximum Gasteiger partial charge on any atom is 0.122 e. The Labute approximate surface area is 126 Å². The summed E-state index contributed by atoms with van der Waals surface area (Å²) in [7, 11) is 1.71. The molecule has 0 fully saturated rings. The lowest BCUT2D eigenvalue weighted by Crippen LogP contribution is -2.21. The molecule has 1 aromatic rings. The smallest absolute Gasteiger partial charge is 0.122 e. The summed E-state index contributed by atoms with van der Waals surface area (Å²) in [5, 5.41) is 4.51. The Bertz CT molecular complexity index is 391. The van der Waals surface area contributed by atoms with E-state index < -0.39 is 0 Å². The molecule has 1 N–H and O–H groups in total. The van der Waals surface area contributed by atoms with Gasteiger partial charge in [0.15, 0.2) is 0 Å². The van der Waals surface area contributed by atoms with Crippen LogP contribution in [-0.4, -0.2) is 24.7 Å². The summed E-state index contributed by atoms with van der Waals surface area (Å²) in [6.45, 7) is 12.8. The molecule has 20 heavy (non-hydrogen) atoms. The largest absolute Gasteiger partial charge is 0.378 e. The van der Waals surface area contributed by atoms with Crippen molar-refractivity contribution in [2.24, 2.45) is 5.92 Å². The number of methoxy groups -OCH3 is 1. The van der Waals surface area contributed by atoms with Crippen LogP contribution >= 0.6 is 11.3 Å². The zero-order valence-corrected chi connectivity index (χ0v) is 14.3. The molecule has 1 rings (SSSR count). The van der Waals surface area contributed by atoms with Crippen molar-refractivity contribution in [3.63, 3.8) is 0 Å². The zero-order chi connectivity index (χ0) is 15.1. The molecule has 0 aliphatic carbocycles. The van der Waals surface area contributed by atoms with E-state index in [0.29, 0.717) is 25.2 Å². The summed E-state index contributed by atoms with van der Waals surface area (Å²) in [6, 6.07) is 0.462. The number of hydrogen-bond donors (Lipinski definition) is 1. The van der Waals surface area contributed by atoms with Gasteiger partial charge in [0.1, 0.15) is 11.1 Å². The van der Waals surface area contributed by atoms with Crippen molar-refractivity contribution in [2.45, 2.75) is 59.9 Å². The minimum absolute atomic E-state index is 0.0772. The summed E-state index contributed by atoms with van der Waals surface area (Å²) in [5.74, 6) is 0.419. The molecular weight excluding hydrogens is 272 g/mol. The Hall–Kier alpha value is -0.490. The van der Waals surface area contributed by atoms with E-state index in [-0.39, 0.29) is 6.10 Å². The SMILES string of the molecule is CCOC(c1nc(COC)c(CNC(C)C)s1)C(C)C. The minimum Gasteiger partial charge on any atom is -0.378 e. The van der Waals surface area contributed by atoms with Gasteiger partial charge in [0.2, 0.25) is 0 Å². The second-order valence-electron chi connectivity index (χ2n) is 5.51. The van der Waals surface area contributed by atoms with Crippen LogP contribution in [0.2, 0.25) is 0 Å². The first-order valence-electron chi connectivity index (χ1n) is 7.31. The molecule has 0 bridgehead atoms. The first-order valence-corrected chi connectivity index (χ1v) is 8.13. The number of hydrogen-bond acceptors (Lipinski definition) is 5. The maximum atomic E-state index is 5.85. The summed E-state index contributed by atoms with van der Waals surface area (Å²) in [5.41, 5.74) is 1.03. The third-order valence-corrected chi connectivity index (χ3v) is 4.10. The van der Waals surface area contributed by atoms with Gasteiger partial charge in [0.25, 0.3) is 0 Å². The Morgan fingerprint density at radius 3 is 2.45 bits per heavy atom. The van der Waals surface area contributed by atoms with Gasteiger partial charge in [-0.25, -0.2) is 4.98 Å². The van der Waals surface area contributed by atoms with Gasteiger partial charge >= 0.3 is 0 Å². The van der Waals surface area contributed by atoms with E-state index in [0.717, 1.165) is 17.2 Å². The summed E-state index contributed by atoms with van der Waals surface area (Å²) in [6.07, 6.45) is 0.0772. The molecule has 0 aliphatic heterocycles. The molecule has 0 saturated heterocycles. The average molecular weight is 300 g/mol. The predicted octanol–water partition coefficient (Wildman–Crippen LogP) is 3.52. The van der Waals surface area contributed by atoms with E-state index in [9.17, 15) is 0 Å². The maximum absolute atomic E-state index is 5.85. The molecular formula is C15H28N2O2S. The van der Waals surface area contributed by atoms with Gasteiger partial charge in [-0.05, 0) is 12.8 Å². The lowest BCUT2D eigenvalue weighted by molar-refractivity contribution is 0.0290. The average Bonchev–Trinajstić information content (AvgIpc) is 2.76. The van der Waals surface area contributed by atoms with Gasteiger partial charge < -0.3 is 14.8 Å². The van der Waals surface area contributed by atoms with E-state index in [4.69, 9.17) is 14.5 Å². The quantitative estimate of drug-likeness (QED) is 0.758. The molecule has 0 radical (unpaired) electrons. The summed E-state index contributed by atoms with van der Waals surface area (Å²) in [4.78, 5) is 6.00. The van der Waals surface area contributed by atoms with E-state index >= 15 is 0 Å². The molecule has 1 unspecified atom stereocenters. The van der Waals surface area contributed by atoms with E-state index in [2.05, 4.69) is 33.0 Å². The molecule has 4 nitrogen and oxygen atoms in total. The Morgan fingerprint density at radius 1 is 1.25 bits per heavy atom. The van der Waals surface area contributed by atoms with Gasteiger partial charge in [-0.2, -0.15) is 0 Å². The Balaban J connectivity index is 2.93. The standard InChI is InChI=1S/C15H28N2O2S/c1-7-19-14(10(2)3)15-17-12(9-18-6)13(20-15)8-16-11(4)5/h10-11,14,16H,7-9H2,1-6H3. The third-order valence-electron chi connectivity index (χ3n) is 2.94. The lowest BCUT2D eigenvalue weighted by Gasteiger charge is -2.18. The highest BCUT2D eigenvalue weighted by molar-refractivity contribution is 7.11. The van der Waals surface area contributed by atoms with Crippen LogP contribution in [0, 0.1) is 5.92 Å². The van der Waals surface area contributed by atoms with Crippen LogP contribution in [0.4, 0.5) is 0 Å². The predicted molar refractivity (Wildman–Crippen MR) is 84.0 cm³/mol. The molecule has 0 saturated carbocycles. The van der Waals surface area contributed by atoms with Crippen molar-refractivity contribution in [1.29, 1.82) is 0 Å². The van der Waals surface area contributed by atoms with E-state index in [1.807, 2.05) is 6.92 Å². The molecule has 116 valence electrons. The van der Waals surface area contributed by atoms with Crippen molar-refractivity contribution < 1.29 is 9.47 Å².